The van der Waals surface area contributed by atoms with E-state index in [4.69, 9.17) is 0 Å². The number of hydrogen-bond donors (Lipinski definition) is 2. The van der Waals surface area contributed by atoms with Crippen molar-refractivity contribution in [1.29, 1.82) is 0 Å². The van der Waals surface area contributed by atoms with Crippen LogP contribution in [0.4, 0.5) is 23.4 Å². The second-order valence-corrected chi connectivity index (χ2v) is 8.41. The van der Waals surface area contributed by atoms with Crippen molar-refractivity contribution in [3.05, 3.63) is 52.9 Å². The fourth-order valence-electron chi connectivity index (χ4n) is 3.43. The van der Waals surface area contributed by atoms with Gasteiger partial charge in [-0.05, 0) is 25.3 Å². The van der Waals surface area contributed by atoms with E-state index in [0.29, 0.717) is 22.5 Å². The summed E-state index contributed by atoms with van der Waals surface area (Å²) in [5.74, 6) is 8.70. The lowest BCUT2D eigenvalue weighted by molar-refractivity contribution is 0.122. The summed E-state index contributed by atoms with van der Waals surface area (Å²) in [6, 6.07) is 5.64. The molecular formula is C21H21N9OS. The van der Waals surface area contributed by atoms with Crippen LogP contribution in [0, 0.1) is 11.8 Å². The molecule has 0 fully saturated rings. The minimum Gasteiger partial charge on any atom is -0.371 e. The van der Waals surface area contributed by atoms with Gasteiger partial charge in [0.25, 0.3) is 0 Å². The Morgan fingerprint density at radius 3 is 2.88 bits per heavy atom. The van der Waals surface area contributed by atoms with Gasteiger partial charge in [0.1, 0.15) is 22.3 Å². The van der Waals surface area contributed by atoms with Gasteiger partial charge < -0.3 is 15.3 Å². The molecule has 4 aromatic rings. The van der Waals surface area contributed by atoms with Crippen LogP contribution in [0.5, 0.6) is 0 Å². The molecule has 0 amide bonds. The van der Waals surface area contributed by atoms with Crippen molar-refractivity contribution in [1.82, 2.24) is 34.5 Å². The van der Waals surface area contributed by atoms with Gasteiger partial charge in [-0.15, -0.1) is 11.3 Å². The molecule has 10 nitrogen and oxygen atoms in total. The van der Waals surface area contributed by atoms with Crippen LogP contribution in [0.1, 0.15) is 24.0 Å². The number of nitrogens with zero attached hydrogens (tertiary/aromatic N) is 8. The highest BCUT2D eigenvalue weighted by Gasteiger charge is 2.24. The molecular weight excluding hydrogens is 426 g/mol. The van der Waals surface area contributed by atoms with Gasteiger partial charge in [0.05, 0.1) is 0 Å². The van der Waals surface area contributed by atoms with E-state index in [9.17, 15) is 5.11 Å². The van der Waals surface area contributed by atoms with E-state index in [0.717, 1.165) is 31.1 Å². The standard InChI is InChI=1S/C21H21N9OS/c1-21(31,19-22-9-13-32-19)7-4-15-14-18-29(10-3-11-30(18)26-15)17-5-8-23-20(25-17)24-16-6-12-28(2)27-16/h5-6,8-9,12-14,31H,3,10-11H2,1-2H3,(H,23,24,25,27). The van der Waals surface area contributed by atoms with E-state index < -0.39 is 5.60 Å². The van der Waals surface area contributed by atoms with E-state index >= 15 is 0 Å². The number of thiazole rings is 1. The fourth-order valence-corrected chi connectivity index (χ4v) is 4.09. The lowest BCUT2D eigenvalue weighted by atomic mass is 10.1. The monoisotopic (exact) mass is 447 g/mol. The Labute approximate surface area is 188 Å². The normalized spacial score (nSPS) is 14.9. The third-order valence-electron chi connectivity index (χ3n) is 4.94. The van der Waals surface area contributed by atoms with Gasteiger partial charge in [0.15, 0.2) is 11.4 Å². The SMILES string of the molecule is Cn1ccc(Nc2nccc(N3CCCn4nc(C#CC(C)(O)c5nccs5)cc43)n2)n1. The maximum Gasteiger partial charge on any atom is 0.230 e. The van der Waals surface area contributed by atoms with Crippen LogP contribution in [0.15, 0.2) is 42.2 Å². The van der Waals surface area contributed by atoms with Crippen LogP contribution in [0.25, 0.3) is 0 Å². The average molecular weight is 448 g/mol. The summed E-state index contributed by atoms with van der Waals surface area (Å²) in [6.45, 7) is 3.23. The molecule has 11 heteroatoms. The van der Waals surface area contributed by atoms with Crippen molar-refractivity contribution in [2.75, 3.05) is 16.8 Å². The molecule has 5 rings (SSSR count). The number of aromatic nitrogens is 7. The van der Waals surface area contributed by atoms with Gasteiger partial charge in [0, 0.05) is 56.2 Å². The largest absolute Gasteiger partial charge is 0.371 e. The van der Waals surface area contributed by atoms with Crippen LogP contribution < -0.4 is 10.2 Å². The van der Waals surface area contributed by atoms with E-state index in [-0.39, 0.29) is 0 Å². The van der Waals surface area contributed by atoms with Gasteiger partial charge in [-0.3, -0.25) is 4.68 Å². The lowest BCUT2D eigenvalue weighted by Crippen LogP contribution is -2.28. The van der Waals surface area contributed by atoms with Crippen molar-refractivity contribution >= 4 is 34.7 Å². The van der Waals surface area contributed by atoms with Crippen molar-refractivity contribution in [3.63, 3.8) is 0 Å². The highest BCUT2D eigenvalue weighted by molar-refractivity contribution is 7.09. The Morgan fingerprint density at radius 1 is 1.19 bits per heavy atom. The van der Waals surface area contributed by atoms with E-state index in [1.54, 1.807) is 24.0 Å². The maximum atomic E-state index is 10.6. The molecule has 1 aliphatic heterocycles. The zero-order chi connectivity index (χ0) is 22.1. The predicted molar refractivity (Wildman–Crippen MR) is 121 cm³/mol. The Kier molecular flexibility index (Phi) is 5.08. The third kappa shape index (κ3) is 4.05. The summed E-state index contributed by atoms with van der Waals surface area (Å²) in [4.78, 5) is 15.2. The zero-order valence-electron chi connectivity index (χ0n) is 17.6. The molecule has 0 spiro atoms. The number of aryl methyl sites for hydroxylation is 2. The molecule has 0 aromatic carbocycles. The number of anilines is 4. The third-order valence-corrected chi connectivity index (χ3v) is 5.92. The Balaban J connectivity index is 1.41. The molecule has 0 saturated carbocycles. The molecule has 0 saturated heterocycles. The molecule has 1 unspecified atom stereocenters. The summed E-state index contributed by atoms with van der Waals surface area (Å²) in [5, 5.41) is 25.0. The lowest BCUT2D eigenvalue weighted by Gasteiger charge is -2.28. The van der Waals surface area contributed by atoms with E-state index in [2.05, 4.69) is 47.2 Å². The minimum absolute atomic E-state index is 0.470. The first-order valence-electron chi connectivity index (χ1n) is 10.1. The summed E-state index contributed by atoms with van der Waals surface area (Å²) < 4.78 is 3.63. The number of hydrogen-bond acceptors (Lipinski definition) is 9. The van der Waals surface area contributed by atoms with Crippen molar-refractivity contribution in [2.45, 2.75) is 25.5 Å². The average Bonchev–Trinajstić information content (AvgIpc) is 3.53. The molecule has 2 N–H and O–H groups in total. The van der Waals surface area contributed by atoms with Gasteiger partial charge in [-0.1, -0.05) is 5.92 Å². The predicted octanol–water partition coefficient (Wildman–Crippen LogP) is 2.41. The zero-order valence-corrected chi connectivity index (χ0v) is 18.4. The molecule has 32 heavy (non-hydrogen) atoms. The number of nitrogens with one attached hydrogen (secondary N) is 1. The Bertz CT molecular complexity index is 1300. The van der Waals surface area contributed by atoms with Crippen LogP contribution in [0.2, 0.25) is 0 Å². The molecule has 162 valence electrons. The van der Waals surface area contributed by atoms with Crippen molar-refractivity contribution in [3.8, 4) is 11.8 Å². The van der Waals surface area contributed by atoms with Gasteiger partial charge >= 0.3 is 0 Å². The second-order valence-electron chi connectivity index (χ2n) is 7.51. The molecule has 0 radical (unpaired) electrons. The van der Waals surface area contributed by atoms with Gasteiger partial charge in [-0.25, -0.2) is 14.6 Å². The maximum absolute atomic E-state index is 10.6. The van der Waals surface area contributed by atoms with Crippen LogP contribution in [-0.4, -0.2) is 46.2 Å². The summed E-state index contributed by atoms with van der Waals surface area (Å²) >= 11 is 1.37. The molecule has 4 aromatic heterocycles. The topological polar surface area (TPSA) is 110 Å². The number of aliphatic hydroxyl groups is 1. The number of fused-ring (bicyclic) bond motifs is 1. The van der Waals surface area contributed by atoms with E-state index in [1.165, 1.54) is 11.3 Å². The first-order chi connectivity index (χ1) is 15.5. The van der Waals surface area contributed by atoms with Crippen LogP contribution in [0.3, 0.4) is 0 Å². The Morgan fingerprint density at radius 2 is 2.09 bits per heavy atom. The van der Waals surface area contributed by atoms with Crippen molar-refractivity contribution < 1.29 is 5.11 Å². The van der Waals surface area contributed by atoms with E-state index in [1.807, 2.05) is 41.5 Å². The highest BCUT2D eigenvalue weighted by atomic mass is 32.1. The Hall–Kier alpha value is -3.75. The molecule has 0 aliphatic carbocycles. The minimum atomic E-state index is -1.32. The molecule has 5 heterocycles. The highest BCUT2D eigenvalue weighted by Crippen LogP contribution is 2.29. The van der Waals surface area contributed by atoms with Crippen LogP contribution in [-0.2, 0) is 19.2 Å². The molecule has 1 aliphatic rings. The van der Waals surface area contributed by atoms with Crippen LogP contribution >= 0.6 is 11.3 Å². The molecule has 0 bridgehead atoms. The number of rotatable bonds is 4. The fraction of sp³-hybridized carbons (Fsp3) is 0.286. The van der Waals surface area contributed by atoms with Crippen molar-refractivity contribution in [2.24, 2.45) is 7.05 Å². The first-order valence-corrected chi connectivity index (χ1v) is 11.0. The smallest absolute Gasteiger partial charge is 0.230 e. The van der Waals surface area contributed by atoms with Gasteiger partial charge in [-0.2, -0.15) is 15.2 Å². The first kappa shape index (κ1) is 20.2. The molecule has 1 atom stereocenters. The summed E-state index contributed by atoms with van der Waals surface area (Å²) in [5.41, 5.74) is -0.735. The quantitative estimate of drug-likeness (QED) is 0.459. The summed E-state index contributed by atoms with van der Waals surface area (Å²) in [7, 11) is 1.86. The second kappa shape index (κ2) is 8.07. The van der Waals surface area contributed by atoms with Gasteiger partial charge in [0.2, 0.25) is 5.95 Å². The summed E-state index contributed by atoms with van der Waals surface area (Å²) in [6.07, 6.45) is 6.14.